The average molecular weight is 415 g/mol. The highest BCUT2D eigenvalue weighted by Gasteiger charge is 2.31. The van der Waals surface area contributed by atoms with Gasteiger partial charge < -0.3 is 10.1 Å². The van der Waals surface area contributed by atoms with Gasteiger partial charge in [-0.3, -0.25) is 14.5 Å². The molecular weight excluding hydrogens is 394 g/mol. The predicted molar refractivity (Wildman–Crippen MR) is 108 cm³/mol. The zero-order valence-electron chi connectivity index (χ0n) is 16.2. The van der Waals surface area contributed by atoms with Crippen LogP contribution in [0, 0.1) is 13.8 Å². The Morgan fingerprint density at radius 3 is 2.62 bits per heavy atom. The van der Waals surface area contributed by atoms with Gasteiger partial charge in [0.25, 0.3) is 15.9 Å². The highest BCUT2D eigenvalue weighted by atomic mass is 32.2. The molecular formula is C20H21N3O5S. The minimum atomic E-state index is -3.69. The average Bonchev–Trinajstić information content (AvgIpc) is 2.92. The lowest BCUT2D eigenvalue weighted by Gasteiger charge is -2.11. The number of hydrogen-bond acceptors (Lipinski definition) is 6. The molecule has 0 radical (unpaired) electrons. The number of hydrogen-bond donors (Lipinski definition) is 2. The van der Waals surface area contributed by atoms with E-state index in [1.54, 1.807) is 24.3 Å². The van der Waals surface area contributed by atoms with Gasteiger partial charge >= 0.3 is 5.97 Å². The number of aliphatic imine (C=N–C) groups is 1. The molecule has 0 spiro atoms. The van der Waals surface area contributed by atoms with Crippen LogP contribution in [-0.4, -0.2) is 38.8 Å². The van der Waals surface area contributed by atoms with Gasteiger partial charge in [0.1, 0.15) is 11.9 Å². The van der Waals surface area contributed by atoms with Gasteiger partial charge in [0.15, 0.2) is 6.61 Å². The zero-order valence-corrected chi connectivity index (χ0v) is 17.0. The SMILES string of the molecule is Cc1ccc(NC(=O)COC(=O)[C@H](C)N=C2NS(=O)(=O)c3ccccc32)c(C)c1. The summed E-state index contributed by atoms with van der Waals surface area (Å²) in [6, 6.07) is 10.9. The van der Waals surface area contributed by atoms with E-state index in [4.69, 9.17) is 4.74 Å². The molecule has 0 aliphatic carbocycles. The van der Waals surface area contributed by atoms with Gasteiger partial charge in [0, 0.05) is 11.3 Å². The van der Waals surface area contributed by atoms with Crippen molar-refractivity contribution < 1.29 is 22.7 Å². The first kappa shape index (κ1) is 20.5. The molecule has 9 heteroatoms. The third kappa shape index (κ3) is 4.62. The number of nitrogens with one attached hydrogen (secondary N) is 2. The Morgan fingerprint density at radius 2 is 1.90 bits per heavy atom. The lowest BCUT2D eigenvalue weighted by Crippen LogP contribution is -2.29. The van der Waals surface area contributed by atoms with Crippen molar-refractivity contribution in [2.45, 2.75) is 31.7 Å². The summed E-state index contributed by atoms with van der Waals surface area (Å²) in [6.45, 7) is 4.82. The van der Waals surface area contributed by atoms with Crippen molar-refractivity contribution >= 4 is 33.4 Å². The third-order valence-electron chi connectivity index (χ3n) is 4.33. The van der Waals surface area contributed by atoms with Crippen LogP contribution in [0.4, 0.5) is 5.69 Å². The lowest BCUT2D eigenvalue weighted by molar-refractivity contribution is -0.148. The molecule has 0 saturated carbocycles. The van der Waals surface area contributed by atoms with Gasteiger partial charge in [-0.25, -0.2) is 13.2 Å². The number of aryl methyl sites for hydroxylation is 2. The molecule has 0 bridgehead atoms. The van der Waals surface area contributed by atoms with Crippen LogP contribution in [0.2, 0.25) is 0 Å². The highest BCUT2D eigenvalue weighted by molar-refractivity contribution is 7.90. The summed E-state index contributed by atoms with van der Waals surface area (Å²) in [4.78, 5) is 28.5. The zero-order chi connectivity index (χ0) is 21.2. The number of esters is 1. The van der Waals surface area contributed by atoms with Crippen LogP contribution in [0.25, 0.3) is 0 Å². The number of fused-ring (bicyclic) bond motifs is 1. The quantitative estimate of drug-likeness (QED) is 0.724. The summed E-state index contributed by atoms with van der Waals surface area (Å²) >= 11 is 0. The second kappa shape index (κ2) is 8.04. The van der Waals surface area contributed by atoms with Crippen molar-refractivity contribution in [2.75, 3.05) is 11.9 Å². The van der Waals surface area contributed by atoms with Crippen LogP contribution in [0.15, 0.2) is 52.4 Å². The van der Waals surface area contributed by atoms with Crippen molar-refractivity contribution in [2.24, 2.45) is 4.99 Å². The van der Waals surface area contributed by atoms with Gasteiger partial charge in [-0.15, -0.1) is 0 Å². The topological polar surface area (TPSA) is 114 Å². The van der Waals surface area contributed by atoms with Crippen LogP contribution in [0.1, 0.15) is 23.6 Å². The largest absolute Gasteiger partial charge is 0.454 e. The van der Waals surface area contributed by atoms with E-state index in [-0.39, 0.29) is 10.7 Å². The molecule has 3 rings (SSSR count). The number of amidine groups is 1. The molecule has 1 amide bonds. The van der Waals surface area contributed by atoms with Crippen LogP contribution in [0.3, 0.4) is 0 Å². The van der Waals surface area contributed by atoms with Crippen molar-refractivity contribution in [1.29, 1.82) is 0 Å². The van der Waals surface area contributed by atoms with Crippen LogP contribution in [0.5, 0.6) is 0 Å². The fourth-order valence-electron chi connectivity index (χ4n) is 2.87. The number of carbonyl (C=O) groups is 2. The second-order valence-electron chi connectivity index (χ2n) is 6.73. The number of benzene rings is 2. The standard InChI is InChI=1S/C20H21N3O5S/c1-12-8-9-16(13(2)10-12)22-18(24)11-28-20(25)14(3)21-19-15-6-4-5-7-17(15)29(26,27)23-19/h4-10,14H,11H2,1-3H3,(H,21,23)(H,22,24)/t14-/m0/s1. The van der Waals surface area contributed by atoms with Crippen LogP contribution >= 0.6 is 0 Å². The van der Waals surface area contributed by atoms with Crippen molar-refractivity contribution in [3.05, 3.63) is 59.2 Å². The number of anilines is 1. The summed E-state index contributed by atoms with van der Waals surface area (Å²) in [5.74, 6) is -1.14. The molecule has 0 saturated heterocycles. The summed E-state index contributed by atoms with van der Waals surface area (Å²) in [7, 11) is -3.69. The van der Waals surface area contributed by atoms with Gasteiger partial charge in [-0.2, -0.15) is 0 Å². The van der Waals surface area contributed by atoms with Gasteiger partial charge in [0.2, 0.25) is 0 Å². The van der Waals surface area contributed by atoms with E-state index in [1.807, 2.05) is 26.0 Å². The molecule has 0 aromatic heterocycles. The third-order valence-corrected chi connectivity index (χ3v) is 5.73. The highest BCUT2D eigenvalue weighted by Crippen LogP contribution is 2.22. The molecule has 1 heterocycles. The van der Waals surface area contributed by atoms with Crippen molar-refractivity contribution in [3.63, 3.8) is 0 Å². The minimum Gasteiger partial charge on any atom is -0.454 e. The first-order valence-corrected chi connectivity index (χ1v) is 10.4. The maximum atomic E-state index is 12.2. The van der Waals surface area contributed by atoms with Gasteiger partial charge in [-0.05, 0) is 44.5 Å². The molecule has 8 nitrogen and oxygen atoms in total. The summed E-state index contributed by atoms with van der Waals surface area (Å²) < 4.78 is 31.5. The van der Waals surface area contributed by atoms with Gasteiger partial charge in [0.05, 0.1) is 4.90 Å². The van der Waals surface area contributed by atoms with E-state index in [0.29, 0.717) is 11.3 Å². The number of carbonyl (C=O) groups excluding carboxylic acids is 2. The van der Waals surface area contributed by atoms with E-state index >= 15 is 0 Å². The Balaban J connectivity index is 1.61. The molecule has 2 aromatic rings. The molecule has 2 aromatic carbocycles. The summed E-state index contributed by atoms with van der Waals surface area (Å²) in [6.07, 6.45) is 0. The molecule has 29 heavy (non-hydrogen) atoms. The van der Waals surface area contributed by atoms with E-state index in [0.717, 1.165) is 11.1 Å². The van der Waals surface area contributed by atoms with E-state index in [1.165, 1.54) is 13.0 Å². The first-order valence-electron chi connectivity index (χ1n) is 8.91. The lowest BCUT2D eigenvalue weighted by atomic mass is 10.1. The number of rotatable bonds is 5. The molecule has 1 aliphatic heterocycles. The van der Waals surface area contributed by atoms with E-state index < -0.39 is 34.5 Å². The summed E-state index contributed by atoms with van der Waals surface area (Å²) in [5.41, 5.74) is 3.00. The molecule has 1 aliphatic rings. The number of nitrogens with zero attached hydrogens (tertiary/aromatic N) is 1. The maximum Gasteiger partial charge on any atom is 0.331 e. The number of sulfonamides is 1. The van der Waals surface area contributed by atoms with Crippen LogP contribution < -0.4 is 10.0 Å². The Kier molecular flexibility index (Phi) is 5.69. The molecule has 1 atom stereocenters. The molecule has 152 valence electrons. The molecule has 2 N–H and O–H groups in total. The Bertz CT molecular complexity index is 1110. The van der Waals surface area contributed by atoms with Crippen molar-refractivity contribution in [1.82, 2.24) is 4.72 Å². The van der Waals surface area contributed by atoms with Crippen molar-refractivity contribution in [3.8, 4) is 0 Å². The Hall–Kier alpha value is -3.20. The molecule has 0 fully saturated rings. The predicted octanol–water partition coefficient (Wildman–Crippen LogP) is 1.91. The Morgan fingerprint density at radius 1 is 1.17 bits per heavy atom. The number of ether oxygens (including phenoxy) is 1. The van der Waals surface area contributed by atoms with Gasteiger partial charge in [-0.1, -0.05) is 29.8 Å². The minimum absolute atomic E-state index is 0.0739. The van der Waals surface area contributed by atoms with Crippen LogP contribution in [-0.2, 0) is 24.3 Å². The normalized spacial score (nSPS) is 16.6. The van der Waals surface area contributed by atoms with E-state index in [9.17, 15) is 18.0 Å². The van der Waals surface area contributed by atoms with E-state index in [2.05, 4.69) is 15.0 Å². The molecule has 0 unspecified atom stereocenters. The number of amides is 1. The first-order chi connectivity index (χ1) is 13.7. The fourth-order valence-corrected chi connectivity index (χ4v) is 4.11. The second-order valence-corrected chi connectivity index (χ2v) is 8.38. The fraction of sp³-hybridized carbons (Fsp3) is 0.250. The monoisotopic (exact) mass is 415 g/mol. The maximum absolute atomic E-state index is 12.2. The summed E-state index contributed by atoms with van der Waals surface area (Å²) in [5, 5.41) is 2.68. The smallest absolute Gasteiger partial charge is 0.331 e. The Labute approximate surface area is 169 Å².